The van der Waals surface area contributed by atoms with Crippen molar-refractivity contribution in [2.45, 2.75) is 50.0 Å². The molecule has 3 rings (SSSR count). The molecule has 5 nitrogen and oxygen atoms in total. The second-order valence-electron chi connectivity index (χ2n) is 6.46. The van der Waals surface area contributed by atoms with E-state index in [4.69, 9.17) is 0 Å². The van der Waals surface area contributed by atoms with Gasteiger partial charge in [-0.3, -0.25) is 0 Å². The lowest BCUT2D eigenvalue weighted by atomic mass is 10.2. The molecule has 1 aromatic heterocycles. The van der Waals surface area contributed by atoms with Gasteiger partial charge in [0.2, 0.25) is 0 Å². The Morgan fingerprint density at radius 1 is 1.20 bits per heavy atom. The van der Waals surface area contributed by atoms with Crippen molar-refractivity contribution in [3.63, 3.8) is 0 Å². The van der Waals surface area contributed by atoms with Crippen molar-refractivity contribution < 1.29 is 17.2 Å². The fourth-order valence-electron chi connectivity index (χ4n) is 3.17. The summed E-state index contributed by atoms with van der Waals surface area (Å²) in [5, 5.41) is 7.41. The summed E-state index contributed by atoms with van der Waals surface area (Å²) in [4.78, 5) is 0.180. The maximum absolute atomic E-state index is 13.3. The average Bonchev–Trinajstić information content (AvgIpc) is 3.16. The minimum Gasteiger partial charge on any atom is -0.367 e. The largest absolute Gasteiger partial charge is 0.367 e. The maximum atomic E-state index is 13.3. The van der Waals surface area contributed by atoms with Gasteiger partial charge >= 0.3 is 0 Å². The van der Waals surface area contributed by atoms with E-state index in [1.165, 1.54) is 16.8 Å². The van der Waals surface area contributed by atoms with Gasteiger partial charge in [0.25, 0.3) is 6.43 Å². The number of hydrogen-bond donors (Lipinski definition) is 1. The molecule has 1 saturated carbocycles. The summed E-state index contributed by atoms with van der Waals surface area (Å²) in [6.07, 6.45) is 2.71. The Hall–Kier alpha value is -1.96. The molecule has 136 valence electrons. The van der Waals surface area contributed by atoms with E-state index < -0.39 is 16.3 Å². The van der Waals surface area contributed by atoms with Crippen LogP contribution in [-0.2, 0) is 9.84 Å². The molecule has 0 unspecified atom stereocenters. The van der Waals surface area contributed by atoms with Gasteiger partial charge in [-0.15, -0.1) is 0 Å². The van der Waals surface area contributed by atoms with Crippen molar-refractivity contribution in [2.24, 2.45) is 0 Å². The molecule has 0 spiro atoms. The van der Waals surface area contributed by atoms with Crippen molar-refractivity contribution in [1.29, 1.82) is 0 Å². The Labute approximate surface area is 146 Å². The molecule has 0 atom stereocenters. The van der Waals surface area contributed by atoms with E-state index >= 15 is 0 Å². The predicted octanol–water partition coefficient (Wildman–Crippen LogP) is 3.88. The monoisotopic (exact) mass is 369 g/mol. The minimum absolute atomic E-state index is 0.180. The van der Waals surface area contributed by atoms with Crippen LogP contribution in [0, 0.1) is 6.92 Å². The van der Waals surface area contributed by atoms with Crippen LogP contribution in [0.3, 0.4) is 0 Å². The molecule has 0 saturated heterocycles. The molecule has 1 fully saturated rings. The van der Waals surface area contributed by atoms with Crippen LogP contribution in [0.1, 0.15) is 43.4 Å². The van der Waals surface area contributed by atoms with Crippen LogP contribution in [0.25, 0.3) is 5.69 Å². The zero-order valence-electron chi connectivity index (χ0n) is 14.2. The van der Waals surface area contributed by atoms with E-state index in [9.17, 15) is 17.2 Å². The first-order chi connectivity index (χ1) is 11.8. The lowest BCUT2D eigenvalue weighted by Gasteiger charge is -2.16. The number of nitrogens with one attached hydrogen (secondary N) is 1. The molecule has 0 aliphatic heterocycles. The molecule has 1 aliphatic rings. The Bertz CT molecular complexity index is 855. The molecule has 8 heteroatoms. The van der Waals surface area contributed by atoms with Crippen LogP contribution in [0.4, 0.5) is 14.6 Å². The van der Waals surface area contributed by atoms with E-state index in [-0.39, 0.29) is 16.6 Å². The normalized spacial score (nSPS) is 15.9. The molecule has 1 aromatic carbocycles. The predicted molar refractivity (Wildman–Crippen MR) is 92.2 cm³/mol. The van der Waals surface area contributed by atoms with Gasteiger partial charge in [-0.05, 0) is 44.0 Å². The first-order valence-corrected chi connectivity index (χ1v) is 10.1. The molecule has 2 aromatic rings. The molecule has 0 radical (unpaired) electrons. The number of hydrogen-bond acceptors (Lipinski definition) is 4. The SMILES string of the molecule is Cc1c(C(F)F)nn(-c2ccc(S(C)(=O)=O)cc2)c1NC1CCCC1. The third-order valence-corrected chi connectivity index (χ3v) is 5.70. The van der Waals surface area contributed by atoms with Crippen LogP contribution in [0.2, 0.25) is 0 Å². The van der Waals surface area contributed by atoms with E-state index in [0.29, 0.717) is 17.1 Å². The molecular formula is C17H21F2N3O2S. The average molecular weight is 369 g/mol. The Morgan fingerprint density at radius 2 is 1.80 bits per heavy atom. The van der Waals surface area contributed by atoms with E-state index in [1.807, 2.05) is 0 Å². The van der Waals surface area contributed by atoms with Crippen molar-refractivity contribution in [2.75, 3.05) is 11.6 Å². The fourth-order valence-corrected chi connectivity index (χ4v) is 3.80. The van der Waals surface area contributed by atoms with Gasteiger partial charge in [-0.1, -0.05) is 12.8 Å². The molecule has 25 heavy (non-hydrogen) atoms. The second-order valence-corrected chi connectivity index (χ2v) is 8.48. The number of benzene rings is 1. The Morgan fingerprint density at radius 3 is 2.32 bits per heavy atom. The van der Waals surface area contributed by atoms with Crippen molar-refractivity contribution >= 4 is 15.7 Å². The standard InChI is InChI=1S/C17H21F2N3O2S/c1-11-15(16(18)19)21-22(17(11)20-12-5-3-4-6-12)13-7-9-14(10-8-13)25(2,23)24/h7-10,12,16,20H,3-6H2,1-2H3. The number of nitrogens with zero attached hydrogens (tertiary/aromatic N) is 2. The van der Waals surface area contributed by atoms with Crippen molar-refractivity contribution in [3.05, 3.63) is 35.5 Å². The zero-order valence-corrected chi connectivity index (χ0v) is 15.0. The van der Waals surface area contributed by atoms with Gasteiger partial charge in [-0.2, -0.15) is 5.10 Å². The highest BCUT2D eigenvalue weighted by atomic mass is 32.2. The maximum Gasteiger partial charge on any atom is 0.282 e. The van der Waals surface area contributed by atoms with Gasteiger partial charge in [0.1, 0.15) is 11.5 Å². The van der Waals surface area contributed by atoms with E-state index in [2.05, 4.69) is 10.4 Å². The number of sulfone groups is 1. The number of alkyl halides is 2. The van der Waals surface area contributed by atoms with Gasteiger partial charge < -0.3 is 5.32 Å². The summed E-state index contributed by atoms with van der Waals surface area (Å²) in [5.74, 6) is 0.550. The first-order valence-electron chi connectivity index (χ1n) is 8.22. The molecule has 1 aliphatic carbocycles. The molecule has 0 bridgehead atoms. The van der Waals surface area contributed by atoms with Crippen LogP contribution in [0.15, 0.2) is 29.2 Å². The highest BCUT2D eigenvalue weighted by molar-refractivity contribution is 7.90. The van der Waals surface area contributed by atoms with Gasteiger partial charge in [0.15, 0.2) is 9.84 Å². The third kappa shape index (κ3) is 3.68. The van der Waals surface area contributed by atoms with Gasteiger partial charge in [0, 0.05) is 17.9 Å². The van der Waals surface area contributed by atoms with E-state index in [0.717, 1.165) is 31.9 Å². The Kier molecular flexibility index (Phi) is 4.81. The fraction of sp³-hybridized carbons (Fsp3) is 0.471. The van der Waals surface area contributed by atoms with Crippen LogP contribution >= 0.6 is 0 Å². The summed E-state index contributed by atoms with van der Waals surface area (Å²) in [7, 11) is -3.31. The smallest absolute Gasteiger partial charge is 0.282 e. The first kappa shape index (κ1) is 17.8. The van der Waals surface area contributed by atoms with E-state index in [1.54, 1.807) is 19.1 Å². The topological polar surface area (TPSA) is 64.0 Å². The summed E-state index contributed by atoms with van der Waals surface area (Å²) in [6, 6.07) is 6.33. The lowest BCUT2D eigenvalue weighted by molar-refractivity contribution is 0.145. The highest BCUT2D eigenvalue weighted by Crippen LogP contribution is 2.32. The molecule has 1 N–H and O–H groups in total. The number of aromatic nitrogens is 2. The zero-order chi connectivity index (χ0) is 18.2. The second kappa shape index (κ2) is 6.74. The highest BCUT2D eigenvalue weighted by Gasteiger charge is 2.25. The van der Waals surface area contributed by atoms with Crippen LogP contribution in [-0.4, -0.2) is 30.5 Å². The van der Waals surface area contributed by atoms with Crippen LogP contribution in [0.5, 0.6) is 0 Å². The van der Waals surface area contributed by atoms with Crippen molar-refractivity contribution in [1.82, 2.24) is 9.78 Å². The number of halogens is 2. The minimum atomic E-state index is -3.31. The van der Waals surface area contributed by atoms with Gasteiger partial charge in [-0.25, -0.2) is 21.9 Å². The summed E-state index contributed by atoms with van der Waals surface area (Å²) >= 11 is 0. The summed E-state index contributed by atoms with van der Waals surface area (Å²) < 4.78 is 51.2. The number of rotatable bonds is 5. The quantitative estimate of drug-likeness (QED) is 0.869. The van der Waals surface area contributed by atoms with Crippen LogP contribution < -0.4 is 5.32 Å². The lowest BCUT2D eigenvalue weighted by Crippen LogP contribution is -2.18. The molecule has 0 amide bonds. The summed E-state index contributed by atoms with van der Waals surface area (Å²) in [5.41, 5.74) is 0.713. The summed E-state index contributed by atoms with van der Waals surface area (Å²) in [6.45, 7) is 1.63. The third-order valence-electron chi connectivity index (χ3n) is 4.57. The van der Waals surface area contributed by atoms with Gasteiger partial charge in [0.05, 0.1) is 10.6 Å². The number of anilines is 1. The van der Waals surface area contributed by atoms with Crippen molar-refractivity contribution in [3.8, 4) is 5.69 Å². The molecular weight excluding hydrogens is 348 g/mol. The molecule has 1 heterocycles. The Balaban J connectivity index is 2.03.